The van der Waals surface area contributed by atoms with Gasteiger partial charge in [-0.05, 0) is 49.3 Å². The number of nitrogens with two attached hydrogens (primary N) is 1. The molecule has 0 aromatic heterocycles. The number of fused-ring (bicyclic) bond motifs is 1. The summed E-state index contributed by atoms with van der Waals surface area (Å²) in [5, 5.41) is 17.1. The maximum Gasteiger partial charge on any atom is 0.254 e. The second-order valence-electron chi connectivity index (χ2n) is 7.81. The number of nitrogens with one attached hydrogen (secondary N) is 4. The number of hydrogen-bond acceptors (Lipinski definition) is 5. The molecule has 2 aliphatic rings. The lowest BCUT2D eigenvalue weighted by molar-refractivity contribution is -0.125. The first-order valence-corrected chi connectivity index (χ1v) is 10.3. The van der Waals surface area contributed by atoms with Gasteiger partial charge in [-0.3, -0.25) is 20.3 Å². The first kappa shape index (κ1) is 20.4. The average molecular weight is 415 g/mol. The van der Waals surface area contributed by atoms with Crippen molar-refractivity contribution in [1.29, 1.82) is 5.41 Å². The molecule has 1 fully saturated rings. The summed E-state index contributed by atoms with van der Waals surface area (Å²) >= 11 is 0. The van der Waals surface area contributed by atoms with Gasteiger partial charge in [-0.1, -0.05) is 36.4 Å². The van der Waals surface area contributed by atoms with Crippen LogP contribution in [0, 0.1) is 11.3 Å². The third-order valence-corrected chi connectivity index (χ3v) is 5.54. The second-order valence-corrected chi connectivity index (χ2v) is 7.81. The van der Waals surface area contributed by atoms with Crippen LogP contribution in [0.4, 0.5) is 11.4 Å². The SMILES string of the molecule is N=C(N)CCCC1(Nc2ccccc2)C=C2C(=O)NC(=O)C2C=C1Nc1ccccc1. The minimum Gasteiger partial charge on any atom is -0.388 e. The van der Waals surface area contributed by atoms with Crippen molar-refractivity contribution in [2.24, 2.45) is 11.7 Å². The maximum atomic E-state index is 12.5. The Morgan fingerprint density at radius 3 is 2.32 bits per heavy atom. The summed E-state index contributed by atoms with van der Waals surface area (Å²) in [6, 6.07) is 19.4. The highest BCUT2D eigenvalue weighted by atomic mass is 16.2. The standard InChI is InChI=1S/C24H25N5O2/c25-21(26)12-7-13-24(29-17-10-5-2-6-11-17)15-19-18(22(30)28-23(19)31)14-20(24)27-16-8-3-1-4-9-16/h1-6,8-11,14-15,18,27,29H,7,12-13H2,(H3,25,26)(H,28,30,31). The number of para-hydroxylation sites is 2. The number of carbonyl (C=O) groups excluding carboxylic acids is 2. The topological polar surface area (TPSA) is 120 Å². The van der Waals surface area contributed by atoms with Crippen molar-refractivity contribution < 1.29 is 9.59 Å². The van der Waals surface area contributed by atoms with Gasteiger partial charge in [0.25, 0.3) is 5.91 Å². The zero-order valence-electron chi connectivity index (χ0n) is 17.0. The number of amides is 2. The van der Waals surface area contributed by atoms with Gasteiger partial charge >= 0.3 is 0 Å². The molecule has 1 aliphatic heterocycles. The van der Waals surface area contributed by atoms with Crippen LogP contribution in [-0.2, 0) is 9.59 Å². The minimum atomic E-state index is -0.777. The molecule has 2 aromatic rings. The first-order valence-electron chi connectivity index (χ1n) is 10.3. The highest BCUT2D eigenvalue weighted by Crippen LogP contribution is 2.39. The van der Waals surface area contributed by atoms with Gasteiger partial charge in [0, 0.05) is 29.1 Å². The Morgan fingerprint density at radius 1 is 1.03 bits per heavy atom. The van der Waals surface area contributed by atoms with Gasteiger partial charge in [0.2, 0.25) is 5.91 Å². The van der Waals surface area contributed by atoms with Crippen molar-refractivity contribution in [3.63, 3.8) is 0 Å². The van der Waals surface area contributed by atoms with E-state index in [9.17, 15) is 9.59 Å². The van der Waals surface area contributed by atoms with E-state index in [0.29, 0.717) is 24.8 Å². The van der Waals surface area contributed by atoms with Gasteiger partial charge in [-0.2, -0.15) is 0 Å². The van der Waals surface area contributed by atoms with Crippen LogP contribution in [0.1, 0.15) is 19.3 Å². The molecular weight excluding hydrogens is 390 g/mol. The summed E-state index contributed by atoms with van der Waals surface area (Å²) < 4.78 is 0. The van der Waals surface area contributed by atoms with E-state index in [0.717, 1.165) is 17.1 Å². The lowest BCUT2D eigenvalue weighted by Crippen LogP contribution is -2.44. The minimum absolute atomic E-state index is 0.117. The number of carbonyl (C=O) groups is 2. The molecule has 0 radical (unpaired) electrons. The second kappa shape index (κ2) is 8.47. The fraction of sp³-hybridized carbons (Fsp3) is 0.208. The summed E-state index contributed by atoms with van der Waals surface area (Å²) in [7, 11) is 0. The molecule has 2 aromatic carbocycles. The molecule has 4 rings (SSSR count). The first-order chi connectivity index (χ1) is 15.0. The van der Waals surface area contributed by atoms with E-state index < -0.39 is 11.5 Å². The van der Waals surface area contributed by atoms with Crippen molar-refractivity contribution in [2.45, 2.75) is 24.8 Å². The predicted octanol–water partition coefficient (Wildman–Crippen LogP) is 3.15. The van der Waals surface area contributed by atoms with E-state index in [1.807, 2.05) is 72.8 Å². The molecule has 2 unspecified atom stereocenters. The predicted molar refractivity (Wildman–Crippen MR) is 121 cm³/mol. The molecule has 7 nitrogen and oxygen atoms in total. The van der Waals surface area contributed by atoms with Gasteiger partial charge in [-0.15, -0.1) is 0 Å². The number of rotatable bonds is 8. The van der Waals surface area contributed by atoms with Gasteiger partial charge in [0.05, 0.1) is 17.3 Å². The van der Waals surface area contributed by atoms with Gasteiger partial charge < -0.3 is 16.4 Å². The maximum absolute atomic E-state index is 12.5. The largest absolute Gasteiger partial charge is 0.388 e. The molecule has 0 spiro atoms. The van der Waals surface area contributed by atoms with E-state index in [-0.39, 0.29) is 17.6 Å². The summed E-state index contributed by atoms with van der Waals surface area (Å²) in [4.78, 5) is 24.9. The monoisotopic (exact) mass is 415 g/mol. The highest BCUT2D eigenvalue weighted by molar-refractivity contribution is 6.16. The highest BCUT2D eigenvalue weighted by Gasteiger charge is 2.45. The van der Waals surface area contributed by atoms with E-state index >= 15 is 0 Å². The Hall–Kier alpha value is -3.87. The Balaban J connectivity index is 1.78. The number of anilines is 2. The molecule has 2 atom stereocenters. The quantitative estimate of drug-likeness (QED) is 0.258. The molecule has 7 heteroatoms. The third-order valence-electron chi connectivity index (χ3n) is 5.54. The molecular formula is C24H25N5O2. The van der Waals surface area contributed by atoms with E-state index in [1.54, 1.807) is 0 Å². The molecule has 1 heterocycles. The lowest BCUT2D eigenvalue weighted by Gasteiger charge is -2.39. The molecule has 0 bridgehead atoms. The van der Waals surface area contributed by atoms with Gasteiger partial charge in [0.15, 0.2) is 0 Å². The van der Waals surface area contributed by atoms with Crippen LogP contribution < -0.4 is 21.7 Å². The Bertz CT molecular complexity index is 1060. The van der Waals surface area contributed by atoms with Crippen molar-refractivity contribution >= 4 is 29.0 Å². The molecule has 158 valence electrons. The number of benzene rings is 2. The lowest BCUT2D eigenvalue weighted by atomic mass is 9.78. The van der Waals surface area contributed by atoms with Crippen LogP contribution in [-0.4, -0.2) is 23.2 Å². The fourth-order valence-corrected chi connectivity index (χ4v) is 4.06. The van der Waals surface area contributed by atoms with Crippen molar-refractivity contribution in [3.8, 4) is 0 Å². The van der Waals surface area contributed by atoms with Crippen LogP contribution in [0.15, 0.2) is 84.1 Å². The summed E-state index contributed by atoms with van der Waals surface area (Å²) in [5.74, 6) is -1.19. The Kier molecular flexibility index (Phi) is 5.58. The molecule has 1 saturated heterocycles. The van der Waals surface area contributed by atoms with Crippen LogP contribution in [0.5, 0.6) is 0 Å². The zero-order chi connectivity index (χ0) is 21.8. The summed E-state index contributed by atoms with van der Waals surface area (Å²) in [6.07, 6.45) is 5.33. The number of imide groups is 1. The fourth-order valence-electron chi connectivity index (χ4n) is 4.06. The Morgan fingerprint density at radius 2 is 1.68 bits per heavy atom. The molecule has 0 saturated carbocycles. The van der Waals surface area contributed by atoms with Crippen LogP contribution in [0.2, 0.25) is 0 Å². The molecule has 6 N–H and O–H groups in total. The van der Waals surface area contributed by atoms with E-state index in [2.05, 4.69) is 16.0 Å². The zero-order valence-corrected chi connectivity index (χ0v) is 17.0. The molecule has 1 aliphatic carbocycles. The average Bonchev–Trinajstić information content (AvgIpc) is 3.02. The van der Waals surface area contributed by atoms with Crippen molar-refractivity contribution in [1.82, 2.24) is 5.32 Å². The van der Waals surface area contributed by atoms with E-state index in [4.69, 9.17) is 11.1 Å². The van der Waals surface area contributed by atoms with Crippen LogP contribution in [0.25, 0.3) is 0 Å². The third kappa shape index (κ3) is 4.35. The normalized spacial score (nSPS) is 22.1. The van der Waals surface area contributed by atoms with Gasteiger partial charge in [0.1, 0.15) is 0 Å². The summed E-state index contributed by atoms with van der Waals surface area (Å²) in [6.45, 7) is 0. The number of hydrogen-bond donors (Lipinski definition) is 5. The smallest absolute Gasteiger partial charge is 0.254 e. The Labute approximate surface area is 180 Å². The van der Waals surface area contributed by atoms with Crippen LogP contribution >= 0.6 is 0 Å². The van der Waals surface area contributed by atoms with Gasteiger partial charge in [-0.25, -0.2) is 0 Å². The van der Waals surface area contributed by atoms with Crippen molar-refractivity contribution in [2.75, 3.05) is 10.6 Å². The summed E-state index contributed by atoms with van der Waals surface area (Å²) in [5.41, 5.74) is 7.80. The van der Waals surface area contributed by atoms with Crippen molar-refractivity contribution in [3.05, 3.63) is 84.1 Å². The molecule has 31 heavy (non-hydrogen) atoms. The van der Waals surface area contributed by atoms with Crippen LogP contribution in [0.3, 0.4) is 0 Å². The van der Waals surface area contributed by atoms with E-state index in [1.165, 1.54) is 0 Å². The molecule has 2 amide bonds. The number of amidine groups is 1.